The van der Waals surface area contributed by atoms with Gasteiger partial charge in [0.15, 0.2) is 24.4 Å². The van der Waals surface area contributed by atoms with Crippen molar-refractivity contribution in [2.24, 2.45) is 5.92 Å². The zero-order valence-corrected chi connectivity index (χ0v) is 21.1. The van der Waals surface area contributed by atoms with Crippen molar-refractivity contribution < 1.29 is 28.5 Å². The van der Waals surface area contributed by atoms with E-state index in [1.807, 2.05) is 30.3 Å². The van der Waals surface area contributed by atoms with E-state index < -0.39 is 6.10 Å². The lowest BCUT2D eigenvalue weighted by molar-refractivity contribution is -0.154. The maximum atomic E-state index is 13.0. The molecular weight excluding hydrogens is 458 g/mol. The third-order valence-electron chi connectivity index (χ3n) is 8.49. The standard InChI is InChI=1S/C29H33NO6/c1-30-15-14-29-21-10-12-24(35-25(31)13-6-18-4-8-20(33-3)9-5-18)28(29)36-27-23(34-17-32-2)11-7-19(26(27)29)16-22(21)30/h4-5,7-12,21-22,24,28H,6,13-17H2,1-3H3/t21-,22+,24?,28?,29-/m0/s1. The van der Waals surface area contributed by atoms with Crippen molar-refractivity contribution in [1.82, 2.24) is 4.90 Å². The summed E-state index contributed by atoms with van der Waals surface area (Å²) in [5.74, 6) is 2.39. The summed E-state index contributed by atoms with van der Waals surface area (Å²) in [6.07, 6.45) is 6.48. The van der Waals surface area contributed by atoms with E-state index in [0.717, 1.165) is 36.4 Å². The molecule has 2 unspecified atom stereocenters. The Balaban J connectivity index is 1.27. The summed E-state index contributed by atoms with van der Waals surface area (Å²) in [6, 6.07) is 12.3. The number of likely N-dealkylation sites (tertiary alicyclic amines) is 1. The van der Waals surface area contributed by atoms with Crippen LogP contribution in [0.2, 0.25) is 0 Å². The second-order valence-corrected chi connectivity index (χ2v) is 10.3. The zero-order chi connectivity index (χ0) is 24.9. The van der Waals surface area contributed by atoms with Gasteiger partial charge >= 0.3 is 5.97 Å². The summed E-state index contributed by atoms with van der Waals surface area (Å²) in [5, 5.41) is 0. The first-order valence-electron chi connectivity index (χ1n) is 12.7. The molecule has 1 spiro atoms. The smallest absolute Gasteiger partial charge is 0.306 e. The van der Waals surface area contributed by atoms with E-state index in [2.05, 4.69) is 30.2 Å². The zero-order valence-electron chi connectivity index (χ0n) is 21.1. The number of carbonyl (C=O) groups excluding carboxylic acids is 1. The monoisotopic (exact) mass is 491 g/mol. The molecule has 0 aromatic heterocycles. The van der Waals surface area contributed by atoms with Gasteiger partial charge in [-0.2, -0.15) is 0 Å². The fourth-order valence-electron chi connectivity index (χ4n) is 6.80. The number of carbonyl (C=O) groups is 1. The normalized spacial score (nSPS) is 29.3. The van der Waals surface area contributed by atoms with Crippen LogP contribution in [0.15, 0.2) is 48.6 Å². The summed E-state index contributed by atoms with van der Waals surface area (Å²) in [4.78, 5) is 15.4. The first-order chi connectivity index (χ1) is 17.5. The molecular formula is C29H33NO6. The summed E-state index contributed by atoms with van der Waals surface area (Å²) in [7, 11) is 5.47. The highest BCUT2D eigenvalue weighted by molar-refractivity contribution is 5.71. The molecule has 190 valence electrons. The van der Waals surface area contributed by atoms with Crippen molar-refractivity contribution in [3.8, 4) is 17.2 Å². The minimum Gasteiger partial charge on any atom is -0.497 e. The van der Waals surface area contributed by atoms with E-state index in [0.29, 0.717) is 30.6 Å². The molecule has 1 fully saturated rings. The van der Waals surface area contributed by atoms with Gasteiger partial charge in [-0.05, 0) is 68.3 Å². The molecule has 2 aromatic carbocycles. The predicted octanol–water partition coefficient (Wildman–Crippen LogP) is 3.67. The fourth-order valence-corrected chi connectivity index (χ4v) is 6.80. The van der Waals surface area contributed by atoms with Gasteiger partial charge in [0.2, 0.25) is 0 Å². The summed E-state index contributed by atoms with van der Waals surface area (Å²) in [6.45, 7) is 1.14. The Morgan fingerprint density at radius 1 is 1.14 bits per heavy atom. The molecule has 0 amide bonds. The molecule has 2 aliphatic carbocycles. The lowest BCUT2D eigenvalue weighted by atomic mass is 9.53. The number of likely N-dealkylation sites (N-methyl/N-ethyl adjacent to an activating group) is 1. The topological polar surface area (TPSA) is 66.5 Å². The average Bonchev–Trinajstić information content (AvgIpc) is 3.25. The highest BCUT2D eigenvalue weighted by atomic mass is 16.7. The van der Waals surface area contributed by atoms with Crippen molar-refractivity contribution in [3.05, 3.63) is 65.2 Å². The number of esters is 1. The van der Waals surface area contributed by atoms with Crippen LogP contribution in [0.1, 0.15) is 29.5 Å². The Kier molecular flexibility index (Phi) is 5.92. The molecule has 4 aliphatic rings. The van der Waals surface area contributed by atoms with Crippen LogP contribution in [0.25, 0.3) is 0 Å². The largest absolute Gasteiger partial charge is 0.497 e. The van der Waals surface area contributed by atoms with E-state index in [-0.39, 0.29) is 24.3 Å². The number of aryl methyl sites for hydroxylation is 1. The second kappa shape index (κ2) is 9.12. The molecule has 2 aromatic rings. The second-order valence-electron chi connectivity index (χ2n) is 10.3. The third kappa shape index (κ3) is 3.59. The molecule has 2 aliphatic heterocycles. The van der Waals surface area contributed by atoms with Gasteiger partial charge in [-0.25, -0.2) is 0 Å². The molecule has 2 heterocycles. The van der Waals surface area contributed by atoms with Crippen molar-refractivity contribution in [2.45, 2.75) is 49.3 Å². The van der Waals surface area contributed by atoms with Crippen LogP contribution >= 0.6 is 0 Å². The minimum atomic E-state index is -0.442. The number of ether oxygens (including phenoxy) is 5. The SMILES string of the molecule is COCOc1ccc2c3c1OC1C(OC(=O)CCc4ccc(OC)cc4)C=C[C@H]4[C@@H](C2)N(C)CC[C@]314. The molecule has 0 saturated carbocycles. The maximum absolute atomic E-state index is 13.0. The number of rotatable bonds is 8. The molecule has 6 rings (SSSR count). The molecule has 0 N–H and O–H groups in total. The molecule has 0 radical (unpaired) electrons. The quantitative estimate of drug-likeness (QED) is 0.317. The van der Waals surface area contributed by atoms with Gasteiger partial charge in [0.25, 0.3) is 0 Å². The molecule has 5 atom stereocenters. The number of hydrogen-bond donors (Lipinski definition) is 0. The Morgan fingerprint density at radius 3 is 2.75 bits per heavy atom. The lowest BCUT2D eigenvalue weighted by Crippen LogP contribution is -2.65. The Morgan fingerprint density at radius 2 is 1.97 bits per heavy atom. The number of benzene rings is 2. The van der Waals surface area contributed by atoms with E-state index in [9.17, 15) is 4.79 Å². The molecule has 7 heteroatoms. The van der Waals surface area contributed by atoms with Crippen molar-refractivity contribution in [1.29, 1.82) is 0 Å². The Bertz CT molecular complexity index is 1180. The number of nitrogens with zero attached hydrogens (tertiary/aromatic N) is 1. The summed E-state index contributed by atoms with van der Waals surface area (Å²) >= 11 is 0. The predicted molar refractivity (Wildman–Crippen MR) is 134 cm³/mol. The highest BCUT2D eigenvalue weighted by Gasteiger charge is 2.65. The van der Waals surface area contributed by atoms with Crippen molar-refractivity contribution in [2.75, 3.05) is 34.6 Å². The maximum Gasteiger partial charge on any atom is 0.306 e. The minimum absolute atomic E-state index is 0.156. The fraction of sp³-hybridized carbons (Fsp3) is 0.483. The molecule has 7 nitrogen and oxygen atoms in total. The van der Waals surface area contributed by atoms with E-state index >= 15 is 0 Å². The number of methoxy groups -OCH3 is 2. The molecule has 1 saturated heterocycles. The van der Waals surface area contributed by atoms with Crippen molar-refractivity contribution >= 4 is 5.97 Å². The molecule has 36 heavy (non-hydrogen) atoms. The highest BCUT2D eigenvalue weighted by Crippen LogP contribution is 2.62. The third-order valence-corrected chi connectivity index (χ3v) is 8.49. The van der Waals surface area contributed by atoms with Gasteiger partial charge < -0.3 is 28.6 Å². The van der Waals surface area contributed by atoms with Gasteiger partial charge in [0.1, 0.15) is 11.9 Å². The van der Waals surface area contributed by atoms with Gasteiger partial charge in [-0.3, -0.25) is 4.79 Å². The lowest BCUT2D eigenvalue weighted by Gasteiger charge is -2.56. The van der Waals surface area contributed by atoms with Crippen molar-refractivity contribution in [3.63, 3.8) is 0 Å². The van der Waals surface area contributed by atoms with E-state index in [1.165, 1.54) is 11.1 Å². The van der Waals surface area contributed by atoms with Crippen LogP contribution in [-0.2, 0) is 32.5 Å². The summed E-state index contributed by atoms with van der Waals surface area (Å²) < 4.78 is 29.1. The van der Waals surface area contributed by atoms with Gasteiger partial charge in [0, 0.05) is 36.5 Å². The van der Waals surface area contributed by atoms with Crippen LogP contribution in [-0.4, -0.2) is 63.7 Å². The first kappa shape index (κ1) is 23.4. The Hall–Kier alpha value is -3.03. The van der Waals surface area contributed by atoms with E-state index in [4.69, 9.17) is 23.7 Å². The van der Waals surface area contributed by atoms with Gasteiger partial charge in [-0.1, -0.05) is 24.3 Å². The van der Waals surface area contributed by atoms with Gasteiger partial charge in [0.05, 0.1) is 7.11 Å². The van der Waals surface area contributed by atoms with Gasteiger partial charge in [-0.15, -0.1) is 0 Å². The van der Waals surface area contributed by atoms with Crippen LogP contribution in [0.3, 0.4) is 0 Å². The summed E-state index contributed by atoms with van der Waals surface area (Å²) in [5.41, 5.74) is 3.41. The average molecular weight is 492 g/mol. The van der Waals surface area contributed by atoms with Crippen LogP contribution < -0.4 is 14.2 Å². The number of piperidine rings is 1. The van der Waals surface area contributed by atoms with Crippen LogP contribution in [0.4, 0.5) is 0 Å². The Labute approximate surface area is 211 Å². The molecule has 2 bridgehead atoms. The van der Waals surface area contributed by atoms with Crippen LogP contribution in [0.5, 0.6) is 17.2 Å². The first-order valence-corrected chi connectivity index (χ1v) is 12.7. The number of hydrogen-bond acceptors (Lipinski definition) is 7. The van der Waals surface area contributed by atoms with E-state index in [1.54, 1.807) is 14.2 Å². The van der Waals surface area contributed by atoms with Crippen LogP contribution in [0, 0.1) is 5.92 Å².